The van der Waals surface area contributed by atoms with Crippen molar-refractivity contribution in [3.8, 4) is 5.75 Å². The van der Waals surface area contributed by atoms with Crippen molar-refractivity contribution in [2.45, 2.75) is 234 Å². The molecule has 738 valence electrons. The largest absolute Gasteiger partial charge is 0.508 e. The molecule has 3 fully saturated rings. The first-order valence-corrected chi connectivity index (χ1v) is 46.7. The molecule has 6 heterocycles. The second-order valence-corrected chi connectivity index (χ2v) is 36.0. The quantitative estimate of drug-likeness (QED) is 0.0147. The van der Waals surface area contributed by atoms with E-state index in [1.165, 1.54) is 64.9 Å². The second-order valence-electron chi connectivity index (χ2n) is 35.0. The topological polar surface area (TPSA) is 662 Å². The number of aromatic hydroxyl groups is 1. The highest BCUT2D eigenvalue weighted by molar-refractivity contribution is 8.00. The number of benzene rings is 3. The van der Waals surface area contributed by atoms with Crippen LogP contribution in [-0.4, -0.2) is 322 Å². The van der Waals surface area contributed by atoms with E-state index in [0.29, 0.717) is 69.9 Å². The van der Waals surface area contributed by atoms with E-state index >= 15 is 38.4 Å². The van der Waals surface area contributed by atoms with Crippen LogP contribution in [0.5, 0.6) is 5.75 Å². The van der Waals surface area contributed by atoms with Gasteiger partial charge in [-0.3, -0.25) is 86.9 Å². The summed E-state index contributed by atoms with van der Waals surface area (Å²) in [4.78, 5) is 269. The fraction of sp³-hybridized carbons (Fsp3) is 0.527. The fourth-order valence-corrected chi connectivity index (χ4v) is 17.6. The van der Waals surface area contributed by atoms with Gasteiger partial charge < -0.3 is 130 Å². The summed E-state index contributed by atoms with van der Waals surface area (Å²) in [6.07, 6.45) is 3.56. The third-order valence-corrected chi connectivity index (χ3v) is 25.4. The van der Waals surface area contributed by atoms with Gasteiger partial charge in [0.25, 0.3) is 0 Å². The first kappa shape index (κ1) is 106. The van der Waals surface area contributed by atoms with E-state index in [2.05, 4.69) is 78.4 Å². The van der Waals surface area contributed by atoms with Crippen molar-refractivity contribution in [1.82, 2.24) is 103 Å². The molecule has 3 saturated heterocycles. The van der Waals surface area contributed by atoms with Crippen molar-refractivity contribution in [2.75, 3.05) is 65.4 Å². The summed E-state index contributed by atoms with van der Waals surface area (Å²) in [5, 5.41) is 71.0. The van der Waals surface area contributed by atoms with E-state index in [-0.39, 0.29) is 89.5 Å². The Morgan fingerprint density at radius 1 is 0.551 bits per heavy atom. The third-order valence-electron chi connectivity index (χ3n) is 24.3. The number of thioether (sulfide) groups is 1. The van der Waals surface area contributed by atoms with E-state index in [0.717, 1.165) is 36.3 Å². The molecule has 0 saturated carbocycles. The number of nitrogens with zero attached hydrogens (tertiary/aromatic N) is 6. The average molecular weight is 1910 g/mol. The van der Waals surface area contributed by atoms with Crippen molar-refractivity contribution < 1.29 is 96.8 Å². The van der Waals surface area contributed by atoms with Crippen LogP contribution in [0.2, 0.25) is 0 Å². The van der Waals surface area contributed by atoms with Gasteiger partial charge >= 0.3 is 0 Å². The SMILES string of the molecule is CCCC[C@H]1C(=O)N(C)[C@@H](CCCC)C(=O)N[C@@H](CCCNC(=N)N)C(=O)N[C@H](C(=O)NCC(N)=O)CSCC(=O)N[C@@H](Cc2ccc(O)cc2)C(=O)N(C)[C@@H](C)C(=O)N[C@H](Cc2cnc[nH]2)C(=O)N2CCC[C@H]2C(=O)N[C@@H](CC(N)=O)C(=O)N[C@@H](CC(C)C)C(=O)N2C[C@H](O)C[C@H]2C(=O)N[C@@H](Cc2c[nH]c3ccccc23)C(=O)N[C@@H](CO)C(=O)N[C@@H](Cc2c[nH]c3ccccc23)C(=O)N1C. The number of aromatic nitrogens is 4. The highest BCUT2D eigenvalue weighted by atomic mass is 32.2. The Morgan fingerprint density at radius 3 is 1.70 bits per heavy atom. The lowest BCUT2D eigenvalue weighted by Crippen LogP contribution is -2.62. The summed E-state index contributed by atoms with van der Waals surface area (Å²) in [6, 6.07) is -2.28. The Kier molecular flexibility index (Phi) is 39.4. The number of para-hydroxylation sites is 2. The van der Waals surface area contributed by atoms with Gasteiger partial charge in [0.2, 0.25) is 100 Å². The molecule has 136 heavy (non-hydrogen) atoms. The summed E-state index contributed by atoms with van der Waals surface area (Å²) in [6.45, 7) is 6.00. The number of nitrogens with two attached hydrogens (primary N) is 3. The molecule has 17 amide bonds. The zero-order valence-electron chi connectivity index (χ0n) is 77.6. The maximum Gasteiger partial charge on any atom is 0.246 e. The van der Waals surface area contributed by atoms with Gasteiger partial charge in [-0.25, -0.2) is 4.98 Å². The number of guanidine groups is 1. The summed E-state index contributed by atoms with van der Waals surface area (Å²) >= 11 is 0.774. The summed E-state index contributed by atoms with van der Waals surface area (Å²) in [5.41, 5.74) is 19.8. The van der Waals surface area contributed by atoms with Crippen LogP contribution < -0.4 is 75.7 Å². The number of rotatable bonds is 26. The number of primary amides is 2. The van der Waals surface area contributed by atoms with Crippen LogP contribution in [0.3, 0.4) is 0 Å². The predicted octanol–water partition coefficient (Wildman–Crippen LogP) is -2.93. The van der Waals surface area contributed by atoms with E-state index in [4.69, 9.17) is 22.6 Å². The van der Waals surface area contributed by atoms with Crippen molar-refractivity contribution in [3.05, 3.63) is 120 Å². The molecule has 0 bridgehead atoms. The number of amides is 17. The molecular formula is C91H128N24O20S. The van der Waals surface area contributed by atoms with Crippen LogP contribution in [0.1, 0.15) is 140 Å². The minimum Gasteiger partial charge on any atom is -0.508 e. The van der Waals surface area contributed by atoms with Crippen molar-refractivity contribution in [3.63, 3.8) is 0 Å². The molecule has 44 nitrogen and oxygen atoms in total. The molecule has 0 radical (unpaired) electrons. The number of hydrogen-bond donors (Lipinski definition) is 21. The molecule has 24 N–H and O–H groups in total. The number of phenolic OH excluding ortho intramolecular Hbond substituents is 1. The van der Waals surface area contributed by atoms with Gasteiger partial charge in [-0.2, -0.15) is 0 Å². The lowest BCUT2D eigenvalue weighted by Gasteiger charge is -2.36. The number of nitrogens with one attached hydrogen (secondary N) is 15. The molecule has 6 aromatic rings. The van der Waals surface area contributed by atoms with E-state index in [1.54, 1.807) is 74.8 Å². The van der Waals surface area contributed by atoms with Gasteiger partial charge in [-0.1, -0.05) is 102 Å². The highest BCUT2D eigenvalue weighted by Crippen LogP contribution is 2.28. The van der Waals surface area contributed by atoms with E-state index in [1.807, 2.05) is 13.8 Å². The minimum absolute atomic E-state index is 0.0120. The number of aliphatic hydroxyl groups is 2. The molecule has 3 aliphatic heterocycles. The minimum atomic E-state index is -1.90. The Bertz CT molecular complexity index is 5250. The summed E-state index contributed by atoms with van der Waals surface area (Å²) in [7, 11) is 3.94. The standard InChI is InChI=1S/C91H128N24O20S/c1-9-11-24-70-83(128)103-61(23-17-31-97-91(94)95)79(124)110-69(78(123)100-43-75(93)120)46-136-47-76(121)102-65(34-51-27-29-55(117)30-28-51)86(131)111(6)50(5)77(122)106-67(37-54-42-96-48-101-54)88(133)114-32-18-26-71(114)84(129)105-63(39-74(92)119)81(126)107-64(33-49(3)4)89(134)115-44-56(118)38-73(115)85(130)104-62(35-52-40-98-59-21-15-13-19-57(52)59)80(125)109-68(45-116)82(127)108-66(36-53-41-99-60-22-16-14-20-58(53)60)87(132)113(8)72(25-12-10-2)90(135)112(70)7/h13-16,19-22,27-30,40-42,48-50,56,61-73,98-99,116-118H,9-12,17-18,23-26,31-39,43-47H2,1-8H3,(H2,92,119)(H2,93,120)(H,96,101)(H,100,123)(H,102,121)(H,103,128)(H,104,130)(H,105,129)(H,106,122)(H,107,126)(H,108,127)(H,109,125)(H,110,124)(H4,94,95,97)/t50-,56+,61-,62-,63-,64-,65-,66-,67+,68-,69-,70-,71-,72-,73-/m0/s1. The van der Waals surface area contributed by atoms with Gasteiger partial charge in [0.15, 0.2) is 5.96 Å². The molecule has 3 aromatic heterocycles. The van der Waals surface area contributed by atoms with Crippen LogP contribution in [0.4, 0.5) is 0 Å². The van der Waals surface area contributed by atoms with E-state index < -0.39 is 247 Å². The molecule has 3 aromatic carbocycles. The number of carbonyl (C=O) groups excluding carboxylic acids is 17. The third kappa shape index (κ3) is 29.4. The number of fused-ring (bicyclic) bond motifs is 4. The number of aromatic amines is 3. The zero-order valence-corrected chi connectivity index (χ0v) is 78.4. The molecule has 0 spiro atoms. The molecule has 3 aliphatic rings. The molecule has 0 aliphatic carbocycles. The van der Waals surface area contributed by atoms with E-state index in [9.17, 15) is 58.5 Å². The Labute approximate surface area is 790 Å². The van der Waals surface area contributed by atoms with Crippen LogP contribution in [0.25, 0.3) is 21.8 Å². The van der Waals surface area contributed by atoms with Crippen molar-refractivity contribution in [2.24, 2.45) is 23.1 Å². The Balaban J connectivity index is 1.10. The normalized spacial score (nSPS) is 24.7. The lowest BCUT2D eigenvalue weighted by molar-refractivity contribution is -0.149. The first-order valence-electron chi connectivity index (χ1n) is 45.6. The number of phenols is 1. The van der Waals surface area contributed by atoms with Crippen LogP contribution in [0.15, 0.2) is 97.7 Å². The number of carbonyl (C=O) groups is 17. The number of H-pyrrole nitrogens is 3. The van der Waals surface area contributed by atoms with Gasteiger partial charge in [0.05, 0.1) is 37.8 Å². The number of aliphatic hydroxyl groups excluding tert-OH is 2. The average Bonchev–Trinajstić information content (AvgIpc) is 1.57. The highest BCUT2D eigenvalue weighted by Gasteiger charge is 2.47. The second kappa shape index (κ2) is 50.6. The number of imidazole rings is 1. The molecule has 45 heteroatoms. The fourth-order valence-electron chi connectivity index (χ4n) is 16.8. The van der Waals surface area contributed by atoms with Crippen LogP contribution in [0, 0.1) is 11.3 Å². The van der Waals surface area contributed by atoms with Crippen LogP contribution in [-0.2, 0) is 107 Å². The number of unbranched alkanes of at least 4 members (excludes halogenated alkanes) is 2. The Hall–Kier alpha value is -13.7. The zero-order chi connectivity index (χ0) is 99.3. The summed E-state index contributed by atoms with van der Waals surface area (Å²) in [5.74, 6) is -18.1. The molecule has 15 atom stereocenters. The maximum atomic E-state index is 15.8. The summed E-state index contributed by atoms with van der Waals surface area (Å²) < 4.78 is 0. The molecule has 9 rings (SSSR count). The van der Waals surface area contributed by atoms with Gasteiger partial charge in [-0.05, 0) is 98.7 Å². The predicted molar refractivity (Wildman–Crippen MR) is 500 cm³/mol. The smallest absolute Gasteiger partial charge is 0.246 e. The van der Waals surface area contributed by atoms with Crippen molar-refractivity contribution in [1.29, 1.82) is 5.41 Å². The number of hydrogen-bond acceptors (Lipinski definition) is 23. The van der Waals surface area contributed by atoms with Crippen molar-refractivity contribution >= 4 is 140 Å². The van der Waals surface area contributed by atoms with Crippen LogP contribution >= 0.6 is 11.8 Å². The van der Waals surface area contributed by atoms with Gasteiger partial charge in [-0.15, -0.1) is 11.8 Å². The maximum absolute atomic E-state index is 15.8. The monoisotopic (exact) mass is 1910 g/mol. The molecular weight excluding hydrogens is 1780 g/mol. The number of likely N-dealkylation sites (N-methyl/N-ethyl adjacent to an activating group) is 3. The molecule has 0 unspecified atom stereocenters. The Morgan fingerprint density at radius 2 is 1.09 bits per heavy atom. The van der Waals surface area contributed by atoms with Gasteiger partial charge in [0.1, 0.15) is 90.3 Å². The van der Waals surface area contributed by atoms with Gasteiger partial charge in [0, 0.05) is 125 Å². The lowest BCUT2D eigenvalue weighted by atomic mass is 10.00. The first-order chi connectivity index (χ1) is 64.8.